The molecule has 0 aliphatic carbocycles. The van der Waals surface area contributed by atoms with E-state index in [4.69, 9.17) is 5.11 Å². The summed E-state index contributed by atoms with van der Waals surface area (Å²) in [5, 5.41) is 9.04. The Morgan fingerprint density at radius 3 is 1.80 bits per heavy atom. The number of benzene rings is 1. The van der Waals surface area contributed by atoms with Crippen LogP contribution in [0.3, 0.4) is 0 Å². The molecule has 0 aliphatic rings. The van der Waals surface area contributed by atoms with E-state index in [1.54, 1.807) is 12.1 Å². The van der Waals surface area contributed by atoms with E-state index in [-0.39, 0.29) is 5.75 Å². The summed E-state index contributed by atoms with van der Waals surface area (Å²) in [5.74, 6) is 0.238. The first kappa shape index (κ1) is 8.56. The van der Waals surface area contributed by atoms with Crippen molar-refractivity contribution in [2.24, 2.45) is 0 Å². The maximum Gasteiger partial charge on any atom is 0.117 e. The van der Waals surface area contributed by atoms with E-state index in [9.17, 15) is 0 Å². The minimum atomic E-state index is 0.238. The zero-order valence-corrected chi connectivity index (χ0v) is 9.49. The third-order valence-electron chi connectivity index (χ3n) is 0.969. The monoisotopic (exact) mass is 328 g/mol. The highest BCUT2D eigenvalue weighted by Gasteiger charge is 2.02. The summed E-state index contributed by atoms with van der Waals surface area (Å²) in [7, 11) is 0. The molecule has 0 spiro atoms. The summed E-state index contributed by atoms with van der Waals surface area (Å²) in [6, 6.07) is 3.24. The zero-order valence-electron chi connectivity index (χ0n) is 4.74. The van der Waals surface area contributed by atoms with Crippen molar-refractivity contribution in [2.75, 3.05) is 0 Å². The molecule has 0 atom stereocenters. The normalized spacial score (nSPS) is 9.90. The third kappa shape index (κ3) is 1.74. The Morgan fingerprint density at radius 2 is 1.40 bits per heavy atom. The van der Waals surface area contributed by atoms with Gasteiger partial charge in [0.15, 0.2) is 0 Å². The van der Waals surface area contributed by atoms with Crippen LogP contribution < -0.4 is 0 Å². The number of aromatic hydroxyl groups is 1. The minimum Gasteiger partial charge on any atom is -0.508 e. The molecule has 1 nitrogen and oxygen atoms in total. The summed E-state index contributed by atoms with van der Waals surface area (Å²) < 4.78 is 2.57. The Balaban J connectivity index is 3.31. The van der Waals surface area contributed by atoms with Gasteiger partial charge >= 0.3 is 0 Å². The predicted molar refractivity (Wildman–Crippen MR) is 51.2 cm³/mol. The topological polar surface area (TPSA) is 20.2 Å². The van der Waals surface area contributed by atoms with Crippen molar-refractivity contribution in [3.05, 3.63) is 25.6 Å². The van der Waals surface area contributed by atoms with E-state index in [0.29, 0.717) is 0 Å². The lowest BCUT2D eigenvalue weighted by Crippen LogP contribution is -1.72. The van der Waals surface area contributed by atoms with Crippen LogP contribution in [0.25, 0.3) is 0 Å². The Morgan fingerprint density at radius 1 is 1.00 bits per heavy atom. The number of hydrogen-bond acceptors (Lipinski definition) is 1. The molecule has 4 heteroatoms. The molecule has 0 fully saturated rings. The molecule has 0 amide bonds. The van der Waals surface area contributed by atoms with Crippen LogP contribution in [0.4, 0.5) is 0 Å². The molecular formula is C6H3Br3O. The number of phenolic OH excluding ortho intramolecular Hbond substituents is 1. The molecule has 1 rings (SSSR count). The van der Waals surface area contributed by atoms with Crippen LogP contribution in [-0.4, -0.2) is 5.11 Å². The van der Waals surface area contributed by atoms with Gasteiger partial charge in [-0.05, 0) is 59.9 Å². The standard InChI is InChI=1S/C6H3Br3O/c7-4-1-3(10)2-5(8)6(4)9/h1-2,10H. The van der Waals surface area contributed by atoms with Crippen molar-refractivity contribution < 1.29 is 5.11 Å². The van der Waals surface area contributed by atoms with Crippen molar-refractivity contribution in [2.45, 2.75) is 0 Å². The summed E-state index contributed by atoms with van der Waals surface area (Å²) in [6.07, 6.45) is 0. The number of halogens is 3. The molecule has 0 saturated heterocycles. The van der Waals surface area contributed by atoms with Gasteiger partial charge in [-0.1, -0.05) is 0 Å². The van der Waals surface area contributed by atoms with Gasteiger partial charge in [-0.3, -0.25) is 0 Å². The maximum absolute atomic E-state index is 9.04. The van der Waals surface area contributed by atoms with Crippen LogP contribution >= 0.6 is 47.8 Å². The van der Waals surface area contributed by atoms with E-state index in [1.165, 1.54) is 0 Å². The second-order valence-electron chi connectivity index (χ2n) is 1.72. The van der Waals surface area contributed by atoms with Crippen molar-refractivity contribution in [1.82, 2.24) is 0 Å². The number of hydrogen-bond donors (Lipinski definition) is 1. The molecule has 0 aliphatic heterocycles. The summed E-state index contributed by atoms with van der Waals surface area (Å²) >= 11 is 9.83. The van der Waals surface area contributed by atoms with Crippen LogP contribution in [0.1, 0.15) is 0 Å². The molecule has 0 heterocycles. The molecule has 1 aromatic rings. The maximum atomic E-state index is 9.04. The first-order chi connectivity index (χ1) is 4.61. The Labute approximate surface area is 83.8 Å². The lowest BCUT2D eigenvalue weighted by Gasteiger charge is -1.99. The number of phenols is 1. The van der Waals surface area contributed by atoms with E-state index in [2.05, 4.69) is 47.8 Å². The van der Waals surface area contributed by atoms with E-state index >= 15 is 0 Å². The smallest absolute Gasteiger partial charge is 0.117 e. The van der Waals surface area contributed by atoms with Gasteiger partial charge in [-0.25, -0.2) is 0 Å². The van der Waals surface area contributed by atoms with E-state index < -0.39 is 0 Å². The van der Waals surface area contributed by atoms with Gasteiger partial charge in [0.1, 0.15) is 5.75 Å². The highest BCUT2D eigenvalue weighted by atomic mass is 79.9. The van der Waals surface area contributed by atoms with Gasteiger partial charge in [0.2, 0.25) is 0 Å². The molecule has 10 heavy (non-hydrogen) atoms. The average molecular weight is 331 g/mol. The lowest BCUT2D eigenvalue weighted by molar-refractivity contribution is 0.474. The zero-order chi connectivity index (χ0) is 7.72. The van der Waals surface area contributed by atoms with Crippen LogP contribution in [0.15, 0.2) is 25.6 Å². The van der Waals surface area contributed by atoms with Crippen molar-refractivity contribution >= 4 is 47.8 Å². The SMILES string of the molecule is Oc1cc(Br)c(Br)c(Br)c1. The quantitative estimate of drug-likeness (QED) is 0.719. The molecule has 0 saturated carbocycles. The van der Waals surface area contributed by atoms with Gasteiger partial charge in [0.25, 0.3) is 0 Å². The molecule has 0 aromatic heterocycles. The van der Waals surface area contributed by atoms with Crippen LogP contribution in [0, 0.1) is 0 Å². The second-order valence-corrected chi connectivity index (χ2v) is 4.23. The number of rotatable bonds is 0. The van der Waals surface area contributed by atoms with Gasteiger partial charge in [-0.2, -0.15) is 0 Å². The molecule has 54 valence electrons. The Bertz CT molecular complexity index is 236. The van der Waals surface area contributed by atoms with Crippen molar-refractivity contribution in [3.8, 4) is 5.75 Å². The minimum absolute atomic E-state index is 0.238. The van der Waals surface area contributed by atoms with Crippen LogP contribution in [0.2, 0.25) is 0 Å². The lowest BCUT2D eigenvalue weighted by atomic mass is 10.3. The first-order valence-electron chi connectivity index (χ1n) is 2.45. The highest BCUT2D eigenvalue weighted by Crippen LogP contribution is 2.34. The van der Waals surface area contributed by atoms with Gasteiger partial charge < -0.3 is 5.11 Å². The summed E-state index contributed by atoms with van der Waals surface area (Å²) in [5.41, 5.74) is 0. The van der Waals surface area contributed by atoms with E-state index in [0.717, 1.165) is 13.4 Å². The van der Waals surface area contributed by atoms with Crippen molar-refractivity contribution in [3.63, 3.8) is 0 Å². The van der Waals surface area contributed by atoms with Crippen molar-refractivity contribution in [1.29, 1.82) is 0 Å². The van der Waals surface area contributed by atoms with Gasteiger partial charge in [0.05, 0.1) is 0 Å². The fourth-order valence-corrected chi connectivity index (χ4v) is 1.93. The molecule has 0 bridgehead atoms. The molecule has 1 aromatic carbocycles. The fraction of sp³-hybridized carbons (Fsp3) is 0. The molecule has 0 unspecified atom stereocenters. The fourth-order valence-electron chi connectivity index (χ4n) is 0.542. The van der Waals surface area contributed by atoms with Crippen LogP contribution in [-0.2, 0) is 0 Å². The van der Waals surface area contributed by atoms with Gasteiger partial charge in [-0.15, -0.1) is 0 Å². The van der Waals surface area contributed by atoms with Crippen LogP contribution in [0.5, 0.6) is 5.75 Å². The Hall–Kier alpha value is 0.460. The molecular weight excluding hydrogens is 328 g/mol. The third-order valence-corrected chi connectivity index (χ3v) is 4.14. The Kier molecular flexibility index (Phi) is 2.77. The molecule has 1 N–H and O–H groups in total. The second kappa shape index (κ2) is 3.24. The predicted octanol–water partition coefficient (Wildman–Crippen LogP) is 3.68. The van der Waals surface area contributed by atoms with Gasteiger partial charge in [0, 0.05) is 13.4 Å². The largest absolute Gasteiger partial charge is 0.508 e. The highest BCUT2D eigenvalue weighted by molar-refractivity contribution is 9.14. The average Bonchev–Trinajstić information content (AvgIpc) is 1.82. The summed E-state index contributed by atoms with van der Waals surface area (Å²) in [4.78, 5) is 0. The summed E-state index contributed by atoms with van der Waals surface area (Å²) in [6.45, 7) is 0. The molecule has 0 radical (unpaired) electrons. The first-order valence-corrected chi connectivity index (χ1v) is 4.82. The van der Waals surface area contributed by atoms with E-state index in [1.807, 2.05) is 0 Å².